The summed E-state index contributed by atoms with van der Waals surface area (Å²) in [7, 11) is 0. The van der Waals surface area contributed by atoms with Crippen molar-refractivity contribution in [2.24, 2.45) is 5.41 Å². The van der Waals surface area contributed by atoms with Crippen LogP contribution in [0.1, 0.15) is 140 Å². The van der Waals surface area contributed by atoms with Crippen molar-refractivity contribution in [2.45, 2.75) is 180 Å². The van der Waals surface area contributed by atoms with E-state index in [1.165, 1.54) is 0 Å². The Balaban J connectivity index is 1.54. The Bertz CT molecular complexity index is 925. The molecule has 45 heavy (non-hydrogen) atoms. The third kappa shape index (κ3) is 7.89. The van der Waals surface area contributed by atoms with Crippen LogP contribution >= 0.6 is 0 Å². The lowest BCUT2D eigenvalue weighted by molar-refractivity contribution is -0.316. The third-order valence-electron chi connectivity index (χ3n) is 10.1. The molecule has 10 heteroatoms. The molecule has 4 aliphatic rings. The van der Waals surface area contributed by atoms with Gasteiger partial charge in [-0.25, -0.2) is 0 Å². The zero-order valence-electron chi connectivity index (χ0n) is 29.9. The van der Waals surface area contributed by atoms with Crippen molar-refractivity contribution in [1.82, 2.24) is 10.1 Å². The molecule has 4 rings (SSSR count). The van der Waals surface area contributed by atoms with Gasteiger partial charge in [0.25, 0.3) is 0 Å². The van der Waals surface area contributed by atoms with E-state index in [9.17, 15) is 9.59 Å². The molecule has 0 bridgehead atoms. The highest BCUT2D eigenvalue weighted by atomic mass is 16.7. The molecule has 1 saturated carbocycles. The summed E-state index contributed by atoms with van der Waals surface area (Å²) in [6, 6.07) is 0. The predicted octanol–water partition coefficient (Wildman–Crippen LogP) is 6.49. The first-order valence-electron chi connectivity index (χ1n) is 17.5. The number of hydrogen-bond donors (Lipinski definition) is 0. The lowest BCUT2D eigenvalue weighted by Gasteiger charge is -2.54. The van der Waals surface area contributed by atoms with Crippen molar-refractivity contribution >= 4 is 11.9 Å². The van der Waals surface area contributed by atoms with Crippen molar-refractivity contribution in [3.05, 3.63) is 0 Å². The Labute approximate surface area is 272 Å². The van der Waals surface area contributed by atoms with Gasteiger partial charge in [-0.15, -0.1) is 0 Å². The SMILES string of the molecule is CCCON1C(C)(C)CC(OC(=O)C2(C(=O)OC3CC(C)(C)N(OCCC)C(C)(C)C3)COC3(CCCCC3)OC2)CC1(C)C. The maximum absolute atomic E-state index is 14.3. The van der Waals surface area contributed by atoms with Gasteiger partial charge in [-0.2, -0.15) is 10.1 Å². The Morgan fingerprint density at radius 2 is 0.978 bits per heavy atom. The van der Waals surface area contributed by atoms with Crippen molar-refractivity contribution < 1.29 is 38.2 Å². The Kier molecular flexibility index (Phi) is 11.1. The summed E-state index contributed by atoms with van der Waals surface area (Å²) < 4.78 is 25.3. The molecule has 3 saturated heterocycles. The van der Waals surface area contributed by atoms with Gasteiger partial charge in [-0.3, -0.25) is 19.3 Å². The lowest BCUT2D eigenvalue weighted by atomic mass is 9.79. The molecule has 3 heterocycles. The molecule has 1 aliphatic carbocycles. The van der Waals surface area contributed by atoms with Gasteiger partial charge >= 0.3 is 11.9 Å². The smallest absolute Gasteiger partial charge is 0.328 e. The maximum atomic E-state index is 14.3. The zero-order chi connectivity index (χ0) is 33.3. The van der Waals surface area contributed by atoms with Crippen LogP contribution in [0.3, 0.4) is 0 Å². The molecule has 0 aromatic heterocycles. The van der Waals surface area contributed by atoms with E-state index in [-0.39, 0.29) is 35.4 Å². The minimum Gasteiger partial charge on any atom is -0.461 e. The van der Waals surface area contributed by atoms with Gasteiger partial charge in [0.1, 0.15) is 12.2 Å². The third-order valence-corrected chi connectivity index (χ3v) is 10.1. The number of carbonyl (C=O) groups excluding carboxylic acids is 2. The molecule has 0 amide bonds. The Morgan fingerprint density at radius 1 is 0.622 bits per heavy atom. The molecule has 4 fully saturated rings. The monoisotopic (exact) mass is 638 g/mol. The van der Waals surface area contributed by atoms with Gasteiger partial charge in [-0.1, -0.05) is 20.3 Å². The molecule has 260 valence electrons. The topological polar surface area (TPSA) is 96.0 Å². The van der Waals surface area contributed by atoms with Crippen molar-refractivity contribution in [3.63, 3.8) is 0 Å². The van der Waals surface area contributed by atoms with E-state index in [1.807, 2.05) is 0 Å². The molecular formula is C35H62N2O8. The largest absolute Gasteiger partial charge is 0.461 e. The van der Waals surface area contributed by atoms with Gasteiger partial charge < -0.3 is 18.9 Å². The Hall–Kier alpha value is -1.30. The fraction of sp³-hybridized carbons (Fsp3) is 0.943. The number of esters is 2. The maximum Gasteiger partial charge on any atom is 0.328 e. The summed E-state index contributed by atoms with van der Waals surface area (Å²) >= 11 is 0. The number of carbonyl (C=O) groups is 2. The highest BCUT2D eigenvalue weighted by Crippen LogP contribution is 2.45. The average Bonchev–Trinajstić information content (AvgIpc) is 2.91. The number of hydroxylamine groups is 4. The van der Waals surface area contributed by atoms with Crippen molar-refractivity contribution in [1.29, 1.82) is 0 Å². The molecule has 0 aromatic rings. The quantitative estimate of drug-likeness (QED) is 0.195. The van der Waals surface area contributed by atoms with E-state index in [2.05, 4.69) is 79.4 Å². The van der Waals surface area contributed by atoms with E-state index < -0.39 is 35.3 Å². The average molecular weight is 639 g/mol. The molecule has 1 spiro atoms. The van der Waals surface area contributed by atoms with Gasteiger partial charge in [0.15, 0.2) is 5.79 Å². The summed E-state index contributed by atoms with van der Waals surface area (Å²) in [5.74, 6) is -2.00. The highest BCUT2D eigenvalue weighted by Gasteiger charge is 2.59. The molecule has 0 radical (unpaired) electrons. The molecular weight excluding hydrogens is 576 g/mol. The molecule has 0 aromatic carbocycles. The molecule has 3 aliphatic heterocycles. The van der Waals surface area contributed by atoms with Crippen LogP contribution in [-0.4, -0.2) is 88.6 Å². The normalized spacial score (nSPS) is 28.0. The predicted molar refractivity (Wildman–Crippen MR) is 171 cm³/mol. The zero-order valence-corrected chi connectivity index (χ0v) is 29.9. The summed E-state index contributed by atoms with van der Waals surface area (Å²) in [6.07, 6.45) is 7.91. The van der Waals surface area contributed by atoms with Gasteiger partial charge in [0, 0.05) is 60.7 Å². The number of rotatable bonds is 10. The number of nitrogens with zero attached hydrogens (tertiary/aromatic N) is 2. The Morgan fingerprint density at radius 3 is 1.31 bits per heavy atom. The van der Waals surface area contributed by atoms with Crippen LogP contribution in [0, 0.1) is 5.41 Å². The van der Waals surface area contributed by atoms with Crippen LogP contribution < -0.4 is 0 Å². The standard InChI is InChI=1S/C35H62N2O8/c1-11-18-42-36-30(3,4)20-26(21-31(36,5)6)44-28(38)34(24-40-35(41-25-34)16-14-13-15-17-35)29(39)45-27-22-32(7,8)37(43-19-12-2)33(9,10)23-27/h26-27H,11-25H2,1-10H3. The van der Waals surface area contributed by atoms with E-state index in [0.717, 1.165) is 44.9 Å². The highest BCUT2D eigenvalue weighted by molar-refractivity contribution is 6.00. The molecule has 0 unspecified atom stereocenters. The van der Waals surface area contributed by atoms with E-state index >= 15 is 0 Å². The minimum absolute atomic E-state index is 0.110. The second-order valence-corrected chi connectivity index (χ2v) is 16.5. The van der Waals surface area contributed by atoms with Crippen LogP contribution in [-0.2, 0) is 38.2 Å². The molecule has 10 nitrogen and oxygen atoms in total. The fourth-order valence-electron chi connectivity index (χ4n) is 8.39. The van der Waals surface area contributed by atoms with Crippen molar-refractivity contribution in [3.8, 4) is 0 Å². The second kappa shape index (κ2) is 13.7. The van der Waals surface area contributed by atoms with Crippen LogP contribution in [0.25, 0.3) is 0 Å². The van der Waals surface area contributed by atoms with Gasteiger partial charge in [-0.05, 0) is 81.1 Å². The number of hydrogen-bond acceptors (Lipinski definition) is 10. The number of ether oxygens (including phenoxy) is 4. The van der Waals surface area contributed by atoms with E-state index in [1.54, 1.807) is 0 Å². The first-order valence-corrected chi connectivity index (χ1v) is 17.5. The first kappa shape index (κ1) is 36.5. The summed E-state index contributed by atoms with van der Waals surface area (Å²) in [4.78, 5) is 40.9. The van der Waals surface area contributed by atoms with Crippen molar-refractivity contribution in [2.75, 3.05) is 26.4 Å². The second-order valence-electron chi connectivity index (χ2n) is 16.5. The fourth-order valence-corrected chi connectivity index (χ4v) is 8.39. The van der Waals surface area contributed by atoms with E-state index in [4.69, 9.17) is 28.6 Å². The number of piperidine rings is 2. The summed E-state index contributed by atoms with van der Waals surface area (Å²) in [5, 5.41) is 4.11. The lowest BCUT2D eigenvalue weighted by Crippen LogP contribution is -2.64. The van der Waals surface area contributed by atoms with Gasteiger partial charge in [0.2, 0.25) is 5.41 Å². The summed E-state index contributed by atoms with van der Waals surface area (Å²) in [5.41, 5.74) is -3.23. The van der Waals surface area contributed by atoms with Gasteiger partial charge in [0.05, 0.1) is 26.4 Å². The van der Waals surface area contributed by atoms with Crippen LogP contribution in [0.4, 0.5) is 0 Å². The first-order chi connectivity index (χ1) is 20.9. The van der Waals surface area contributed by atoms with Crippen LogP contribution in [0.2, 0.25) is 0 Å². The molecule has 0 N–H and O–H groups in total. The summed E-state index contributed by atoms with van der Waals surface area (Å²) in [6.45, 7) is 22.0. The van der Waals surface area contributed by atoms with Crippen LogP contribution in [0.5, 0.6) is 0 Å². The van der Waals surface area contributed by atoms with Crippen LogP contribution in [0.15, 0.2) is 0 Å². The van der Waals surface area contributed by atoms with E-state index in [0.29, 0.717) is 38.9 Å². The molecule has 0 atom stereocenters. The minimum atomic E-state index is -1.70.